The summed E-state index contributed by atoms with van der Waals surface area (Å²) in [6, 6.07) is 12.6. The lowest BCUT2D eigenvalue weighted by Gasteiger charge is -2.09. The molecule has 2 aromatic rings. The molecule has 0 heterocycles. The summed E-state index contributed by atoms with van der Waals surface area (Å²) in [5.41, 5.74) is 8.08. The van der Waals surface area contributed by atoms with E-state index in [9.17, 15) is 4.39 Å². The zero-order chi connectivity index (χ0) is 13.0. The van der Waals surface area contributed by atoms with Crippen molar-refractivity contribution >= 4 is 23.1 Å². The van der Waals surface area contributed by atoms with Crippen LogP contribution in [-0.2, 0) is 6.54 Å². The molecule has 2 aromatic carbocycles. The van der Waals surface area contributed by atoms with Gasteiger partial charge >= 0.3 is 0 Å². The van der Waals surface area contributed by atoms with E-state index in [0.29, 0.717) is 17.9 Å². The van der Waals surface area contributed by atoms with Gasteiger partial charge in [-0.25, -0.2) is 4.39 Å². The normalized spacial score (nSPS) is 10.3. The second-order valence-corrected chi connectivity index (χ2v) is 4.81. The Kier molecular flexibility index (Phi) is 4.10. The summed E-state index contributed by atoms with van der Waals surface area (Å²) in [5, 5.41) is 3.14. The van der Waals surface area contributed by atoms with Crippen molar-refractivity contribution in [3.63, 3.8) is 0 Å². The summed E-state index contributed by atoms with van der Waals surface area (Å²) in [5.74, 6) is -0.288. The standard InChI is InChI=1S/C14H15FN2S/c1-18-12-5-2-10(3-6-12)9-17-14-8-11(15)4-7-13(14)16/h2-8,17H,9,16H2,1H3. The summed E-state index contributed by atoms with van der Waals surface area (Å²) >= 11 is 1.71. The summed E-state index contributed by atoms with van der Waals surface area (Å²) in [7, 11) is 0. The molecule has 94 valence electrons. The Morgan fingerprint density at radius 2 is 1.89 bits per heavy atom. The number of thioether (sulfide) groups is 1. The molecule has 0 saturated heterocycles. The lowest BCUT2D eigenvalue weighted by molar-refractivity contribution is 0.628. The van der Waals surface area contributed by atoms with Crippen LogP contribution < -0.4 is 11.1 Å². The molecule has 0 aromatic heterocycles. The minimum atomic E-state index is -0.288. The molecule has 0 amide bonds. The number of anilines is 2. The van der Waals surface area contributed by atoms with Gasteiger partial charge in [0.15, 0.2) is 0 Å². The highest BCUT2D eigenvalue weighted by molar-refractivity contribution is 7.98. The number of nitrogens with two attached hydrogens (primary N) is 1. The lowest BCUT2D eigenvalue weighted by atomic mass is 10.2. The van der Waals surface area contributed by atoms with Gasteiger partial charge in [0.2, 0.25) is 0 Å². The Bertz CT molecular complexity index is 526. The van der Waals surface area contributed by atoms with Gasteiger partial charge in [-0.05, 0) is 42.2 Å². The Morgan fingerprint density at radius 3 is 2.56 bits per heavy atom. The topological polar surface area (TPSA) is 38.0 Å². The molecule has 0 spiro atoms. The van der Waals surface area contributed by atoms with Gasteiger partial charge < -0.3 is 11.1 Å². The van der Waals surface area contributed by atoms with E-state index in [1.807, 2.05) is 18.4 Å². The third kappa shape index (κ3) is 3.17. The summed E-state index contributed by atoms with van der Waals surface area (Å²) in [6.07, 6.45) is 2.04. The molecule has 0 aliphatic heterocycles. The van der Waals surface area contributed by atoms with E-state index in [1.165, 1.54) is 17.0 Å². The van der Waals surface area contributed by atoms with Gasteiger partial charge in [-0.15, -0.1) is 11.8 Å². The van der Waals surface area contributed by atoms with Crippen molar-refractivity contribution < 1.29 is 4.39 Å². The average molecular weight is 262 g/mol. The number of nitrogen functional groups attached to an aromatic ring is 1. The third-order valence-corrected chi connectivity index (χ3v) is 3.40. The van der Waals surface area contributed by atoms with Crippen molar-refractivity contribution in [1.29, 1.82) is 0 Å². The molecule has 0 atom stereocenters. The molecule has 0 aliphatic rings. The number of hydrogen-bond donors (Lipinski definition) is 2. The summed E-state index contributed by atoms with van der Waals surface area (Å²) < 4.78 is 13.1. The Morgan fingerprint density at radius 1 is 1.17 bits per heavy atom. The molecular weight excluding hydrogens is 247 g/mol. The van der Waals surface area contributed by atoms with Gasteiger partial charge in [-0.1, -0.05) is 12.1 Å². The predicted octanol–water partition coefficient (Wildman–Crippen LogP) is 3.74. The van der Waals surface area contributed by atoms with Crippen LogP contribution in [0.4, 0.5) is 15.8 Å². The van der Waals surface area contributed by atoms with E-state index in [1.54, 1.807) is 17.8 Å². The minimum absolute atomic E-state index is 0.288. The van der Waals surface area contributed by atoms with E-state index >= 15 is 0 Å². The number of benzene rings is 2. The summed E-state index contributed by atoms with van der Waals surface area (Å²) in [4.78, 5) is 1.23. The molecule has 2 rings (SSSR count). The van der Waals surface area contributed by atoms with Gasteiger partial charge in [-0.3, -0.25) is 0 Å². The lowest BCUT2D eigenvalue weighted by Crippen LogP contribution is -2.02. The van der Waals surface area contributed by atoms with E-state index < -0.39 is 0 Å². The number of nitrogens with one attached hydrogen (secondary N) is 1. The maximum atomic E-state index is 13.1. The van der Waals surface area contributed by atoms with Crippen LogP contribution in [0, 0.1) is 5.82 Å². The molecule has 0 radical (unpaired) electrons. The quantitative estimate of drug-likeness (QED) is 0.651. The molecule has 2 nitrogen and oxygen atoms in total. The fraction of sp³-hybridized carbons (Fsp3) is 0.143. The first-order valence-electron chi connectivity index (χ1n) is 5.61. The first kappa shape index (κ1) is 12.8. The van der Waals surface area contributed by atoms with Crippen LogP contribution in [0.2, 0.25) is 0 Å². The molecule has 3 N–H and O–H groups in total. The number of halogens is 1. The van der Waals surface area contributed by atoms with Crippen LogP contribution in [-0.4, -0.2) is 6.26 Å². The Balaban J connectivity index is 2.04. The first-order valence-corrected chi connectivity index (χ1v) is 6.83. The highest BCUT2D eigenvalue weighted by Gasteiger charge is 2.01. The molecule has 0 unspecified atom stereocenters. The average Bonchev–Trinajstić information content (AvgIpc) is 2.40. The predicted molar refractivity (Wildman–Crippen MR) is 76.4 cm³/mol. The number of hydrogen-bond acceptors (Lipinski definition) is 3. The maximum Gasteiger partial charge on any atom is 0.125 e. The SMILES string of the molecule is CSc1ccc(CNc2cc(F)ccc2N)cc1. The molecule has 0 fully saturated rings. The van der Waals surface area contributed by atoms with Crippen LogP contribution in [0.1, 0.15) is 5.56 Å². The Labute approximate surface area is 110 Å². The largest absolute Gasteiger partial charge is 0.397 e. The van der Waals surface area contributed by atoms with E-state index in [4.69, 9.17) is 5.73 Å². The second-order valence-electron chi connectivity index (χ2n) is 3.93. The van der Waals surface area contributed by atoms with Gasteiger partial charge in [0.25, 0.3) is 0 Å². The van der Waals surface area contributed by atoms with Crippen LogP contribution >= 0.6 is 11.8 Å². The van der Waals surface area contributed by atoms with Crippen molar-refractivity contribution in [2.75, 3.05) is 17.3 Å². The van der Waals surface area contributed by atoms with Crippen LogP contribution in [0.15, 0.2) is 47.4 Å². The van der Waals surface area contributed by atoms with Gasteiger partial charge in [0.1, 0.15) is 5.82 Å². The molecule has 0 saturated carbocycles. The monoisotopic (exact) mass is 262 g/mol. The maximum absolute atomic E-state index is 13.1. The van der Waals surface area contributed by atoms with E-state index in [-0.39, 0.29) is 5.82 Å². The van der Waals surface area contributed by atoms with Crippen molar-refractivity contribution in [1.82, 2.24) is 0 Å². The summed E-state index contributed by atoms with van der Waals surface area (Å²) in [6.45, 7) is 0.627. The molecule has 18 heavy (non-hydrogen) atoms. The first-order chi connectivity index (χ1) is 8.69. The van der Waals surface area contributed by atoms with Crippen molar-refractivity contribution in [2.45, 2.75) is 11.4 Å². The van der Waals surface area contributed by atoms with Crippen LogP contribution in [0.3, 0.4) is 0 Å². The zero-order valence-electron chi connectivity index (χ0n) is 10.1. The van der Waals surface area contributed by atoms with Gasteiger partial charge in [0.05, 0.1) is 11.4 Å². The highest BCUT2D eigenvalue weighted by atomic mass is 32.2. The fourth-order valence-electron chi connectivity index (χ4n) is 1.62. The van der Waals surface area contributed by atoms with Crippen LogP contribution in [0.25, 0.3) is 0 Å². The van der Waals surface area contributed by atoms with Gasteiger partial charge in [0, 0.05) is 11.4 Å². The third-order valence-electron chi connectivity index (χ3n) is 2.66. The Hall–Kier alpha value is -1.68. The van der Waals surface area contributed by atoms with Crippen molar-refractivity contribution in [3.05, 3.63) is 53.8 Å². The number of rotatable bonds is 4. The second kappa shape index (κ2) is 5.78. The van der Waals surface area contributed by atoms with Gasteiger partial charge in [-0.2, -0.15) is 0 Å². The van der Waals surface area contributed by atoms with Crippen LogP contribution in [0.5, 0.6) is 0 Å². The smallest absolute Gasteiger partial charge is 0.125 e. The molecule has 4 heteroatoms. The van der Waals surface area contributed by atoms with Crippen molar-refractivity contribution in [3.8, 4) is 0 Å². The van der Waals surface area contributed by atoms with Crippen molar-refractivity contribution in [2.24, 2.45) is 0 Å². The molecular formula is C14H15FN2S. The van der Waals surface area contributed by atoms with E-state index in [2.05, 4.69) is 17.4 Å². The minimum Gasteiger partial charge on any atom is -0.397 e. The highest BCUT2D eigenvalue weighted by Crippen LogP contribution is 2.20. The fourth-order valence-corrected chi connectivity index (χ4v) is 2.03. The molecule has 0 aliphatic carbocycles. The van der Waals surface area contributed by atoms with E-state index in [0.717, 1.165) is 5.56 Å². The molecule has 0 bridgehead atoms. The zero-order valence-corrected chi connectivity index (χ0v) is 10.9.